The summed E-state index contributed by atoms with van der Waals surface area (Å²) in [4.78, 5) is 20.7. The van der Waals surface area contributed by atoms with Gasteiger partial charge in [-0.15, -0.1) is 11.3 Å². The molecule has 4 nitrogen and oxygen atoms in total. The molecular formula is C12H9BrN2O2S. The molecule has 1 N–H and O–H groups in total. The lowest BCUT2D eigenvalue weighted by Gasteiger charge is -2.04. The number of carboxylic acid groups (broad SMARTS) is 1. The molecule has 92 valence electrons. The Bertz CT molecular complexity index is 622. The van der Waals surface area contributed by atoms with Gasteiger partial charge in [-0.2, -0.15) is 0 Å². The molecule has 2 aromatic rings. The molecule has 0 radical (unpaired) electrons. The number of thiophene rings is 1. The van der Waals surface area contributed by atoms with Crippen molar-refractivity contribution in [3.8, 4) is 10.7 Å². The van der Waals surface area contributed by atoms with Gasteiger partial charge in [0.25, 0.3) is 0 Å². The van der Waals surface area contributed by atoms with Crippen LogP contribution < -0.4 is 0 Å². The highest BCUT2D eigenvalue weighted by atomic mass is 79.9. The monoisotopic (exact) mass is 324 g/mol. The quantitative estimate of drug-likeness (QED) is 0.937. The van der Waals surface area contributed by atoms with Gasteiger partial charge < -0.3 is 5.11 Å². The molecule has 0 amide bonds. The predicted octanol–water partition coefficient (Wildman–Crippen LogP) is 3.54. The fourth-order valence-electron chi connectivity index (χ4n) is 1.78. The average Bonchev–Trinajstić information content (AvgIpc) is 3.11. The number of rotatable bonds is 3. The van der Waals surface area contributed by atoms with Crippen molar-refractivity contribution in [3.63, 3.8) is 0 Å². The summed E-state index contributed by atoms with van der Waals surface area (Å²) in [6.45, 7) is 0. The Morgan fingerprint density at radius 2 is 2.28 bits per heavy atom. The first-order valence-corrected chi connectivity index (χ1v) is 7.17. The molecule has 6 heteroatoms. The zero-order chi connectivity index (χ0) is 12.7. The van der Waals surface area contributed by atoms with E-state index < -0.39 is 5.97 Å². The maximum absolute atomic E-state index is 11.1. The summed E-state index contributed by atoms with van der Waals surface area (Å²) in [5.41, 5.74) is 0.911. The standard InChI is InChI=1S/C12H9BrN2O2S/c13-7-3-9(18-5-7)11-14-4-8(12(16)17)10(15-11)6-1-2-6/h3-6H,1-2H2,(H,16,17). The van der Waals surface area contributed by atoms with Crippen LogP contribution in [-0.4, -0.2) is 21.0 Å². The summed E-state index contributed by atoms with van der Waals surface area (Å²) in [6.07, 6.45) is 3.46. The van der Waals surface area contributed by atoms with Crippen LogP contribution in [0.3, 0.4) is 0 Å². The van der Waals surface area contributed by atoms with Crippen LogP contribution in [0, 0.1) is 0 Å². The minimum Gasteiger partial charge on any atom is -0.478 e. The third-order valence-corrected chi connectivity index (χ3v) is 4.49. The van der Waals surface area contributed by atoms with E-state index in [1.807, 2.05) is 11.4 Å². The lowest BCUT2D eigenvalue weighted by molar-refractivity contribution is 0.0694. The van der Waals surface area contributed by atoms with Crippen molar-refractivity contribution in [2.45, 2.75) is 18.8 Å². The van der Waals surface area contributed by atoms with Crippen LogP contribution in [0.5, 0.6) is 0 Å². The van der Waals surface area contributed by atoms with E-state index in [2.05, 4.69) is 25.9 Å². The van der Waals surface area contributed by atoms with Crippen molar-refractivity contribution in [1.82, 2.24) is 9.97 Å². The fourth-order valence-corrected chi connectivity index (χ4v) is 3.14. The number of hydrogen-bond acceptors (Lipinski definition) is 4. The van der Waals surface area contributed by atoms with E-state index in [4.69, 9.17) is 5.11 Å². The molecule has 1 fully saturated rings. The van der Waals surface area contributed by atoms with Gasteiger partial charge in [-0.1, -0.05) is 0 Å². The first kappa shape index (κ1) is 11.8. The van der Waals surface area contributed by atoms with Gasteiger partial charge in [0, 0.05) is 22.0 Å². The van der Waals surface area contributed by atoms with Crippen molar-refractivity contribution in [2.24, 2.45) is 0 Å². The number of nitrogens with zero attached hydrogens (tertiary/aromatic N) is 2. The van der Waals surface area contributed by atoms with Crippen LogP contribution >= 0.6 is 27.3 Å². The van der Waals surface area contributed by atoms with Gasteiger partial charge >= 0.3 is 5.97 Å². The molecule has 1 aliphatic rings. The molecule has 1 saturated carbocycles. The summed E-state index contributed by atoms with van der Waals surface area (Å²) in [7, 11) is 0. The largest absolute Gasteiger partial charge is 0.478 e. The molecule has 0 unspecified atom stereocenters. The van der Waals surface area contributed by atoms with Gasteiger partial charge in [-0.3, -0.25) is 0 Å². The van der Waals surface area contributed by atoms with Crippen LogP contribution in [0.1, 0.15) is 34.8 Å². The first-order valence-electron chi connectivity index (χ1n) is 5.50. The van der Waals surface area contributed by atoms with E-state index in [1.54, 1.807) is 0 Å². The van der Waals surface area contributed by atoms with Gasteiger partial charge in [0.1, 0.15) is 0 Å². The lowest BCUT2D eigenvalue weighted by Crippen LogP contribution is -2.06. The summed E-state index contributed by atoms with van der Waals surface area (Å²) in [6, 6.07) is 1.94. The Hall–Kier alpha value is -1.27. The smallest absolute Gasteiger partial charge is 0.339 e. The highest BCUT2D eigenvalue weighted by Gasteiger charge is 2.30. The van der Waals surface area contributed by atoms with Gasteiger partial charge in [-0.25, -0.2) is 14.8 Å². The summed E-state index contributed by atoms with van der Waals surface area (Å²) >= 11 is 4.93. The molecule has 0 bridgehead atoms. The maximum atomic E-state index is 11.1. The molecule has 3 rings (SSSR count). The predicted molar refractivity (Wildman–Crippen MR) is 72.0 cm³/mol. The highest BCUT2D eigenvalue weighted by molar-refractivity contribution is 9.10. The number of halogens is 1. The lowest BCUT2D eigenvalue weighted by atomic mass is 10.1. The Kier molecular flexibility index (Phi) is 2.91. The Balaban J connectivity index is 2.07. The zero-order valence-electron chi connectivity index (χ0n) is 9.26. The van der Waals surface area contributed by atoms with Gasteiger partial charge in [-0.05, 0) is 34.8 Å². The van der Waals surface area contributed by atoms with Gasteiger partial charge in [0.2, 0.25) is 0 Å². The second-order valence-corrected chi connectivity index (χ2v) is 6.03. The van der Waals surface area contributed by atoms with Gasteiger partial charge in [0.15, 0.2) is 5.82 Å². The van der Waals surface area contributed by atoms with Crippen LogP contribution in [0.15, 0.2) is 22.1 Å². The van der Waals surface area contributed by atoms with E-state index in [9.17, 15) is 4.79 Å². The van der Waals surface area contributed by atoms with Crippen LogP contribution in [0.2, 0.25) is 0 Å². The molecular weight excluding hydrogens is 316 g/mol. The van der Waals surface area contributed by atoms with E-state index in [1.165, 1.54) is 17.5 Å². The highest BCUT2D eigenvalue weighted by Crippen LogP contribution is 2.41. The number of aromatic carboxylic acids is 1. The Labute approximate surface area is 116 Å². The van der Waals surface area contributed by atoms with Crippen molar-refractivity contribution in [3.05, 3.63) is 33.4 Å². The minimum atomic E-state index is -0.948. The van der Waals surface area contributed by atoms with E-state index >= 15 is 0 Å². The normalized spacial score (nSPS) is 14.7. The van der Waals surface area contributed by atoms with E-state index in [0.29, 0.717) is 17.4 Å². The van der Waals surface area contributed by atoms with Crippen molar-refractivity contribution >= 4 is 33.2 Å². The van der Waals surface area contributed by atoms with Crippen molar-refractivity contribution in [2.75, 3.05) is 0 Å². The zero-order valence-corrected chi connectivity index (χ0v) is 11.7. The Morgan fingerprint density at radius 1 is 1.50 bits per heavy atom. The van der Waals surface area contributed by atoms with Crippen LogP contribution in [0.25, 0.3) is 10.7 Å². The molecule has 0 aromatic carbocycles. The SMILES string of the molecule is O=C(O)c1cnc(-c2cc(Br)cs2)nc1C1CC1. The summed E-state index contributed by atoms with van der Waals surface area (Å²) < 4.78 is 0.987. The molecule has 1 aliphatic carbocycles. The topological polar surface area (TPSA) is 63.1 Å². The van der Waals surface area contributed by atoms with Crippen LogP contribution in [0.4, 0.5) is 0 Å². The fraction of sp³-hybridized carbons (Fsp3) is 0.250. The number of carboxylic acids is 1. The number of aromatic nitrogens is 2. The molecule has 2 aromatic heterocycles. The third kappa shape index (κ3) is 2.18. The molecule has 18 heavy (non-hydrogen) atoms. The van der Waals surface area contributed by atoms with Crippen LogP contribution in [-0.2, 0) is 0 Å². The van der Waals surface area contributed by atoms with Gasteiger partial charge in [0.05, 0.1) is 16.1 Å². The first-order chi connectivity index (χ1) is 8.65. The van der Waals surface area contributed by atoms with E-state index in [-0.39, 0.29) is 5.56 Å². The average molecular weight is 325 g/mol. The summed E-state index contributed by atoms with van der Waals surface area (Å²) in [5, 5.41) is 11.1. The van der Waals surface area contributed by atoms with E-state index in [0.717, 1.165) is 22.2 Å². The number of carbonyl (C=O) groups is 1. The maximum Gasteiger partial charge on any atom is 0.339 e. The van der Waals surface area contributed by atoms with Crippen molar-refractivity contribution < 1.29 is 9.90 Å². The second-order valence-electron chi connectivity index (χ2n) is 4.20. The molecule has 0 saturated heterocycles. The summed E-state index contributed by atoms with van der Waals surface area (Å²) in [5.74, 6) is -0.0466. The number of hydrogen-bond donors (Lipinski definition) is 1. The Morgan fingerprint density at radius 3 is 2.83 bits per heavy atom. The minimum absolute atomic E-state index is 0.233. The molecule has 0 spiro atoms. The second kappa shape index (κ2) is 4.44. The molecule has 0 atom stereocenters. The molecule has 2 heterocycles. The molecule has 0 aliphatic heterocycles. The third-order valence-electron chi connectivity index (χ3n) is 2.80. The van der Waals surface area contributed by atoms with Crippen molar-refractivity contribution in [1.29, 1.82) is 0 Å².